The summed E-state index contributed by atoms with van der Waals surface area (Å²) in [5, 5.41) is 2.73. The highest BCUT2D eigenvalue weighted by Gasteiger charge is 2.29. The third kappa shape index (κ3) is 7.66. The van der Waals surface area contributed by atoms with Crippen molar-refractivity contribution in [1.82, 2.24) is 5.32 Å². The Bertz CT molecular complexity index is 758. The van der Waals surface area contributed by atoms with Crippen LogP contribution in [0.25, 0.3) is 0 Å². The van der Waals surface area contributed by atoms with E-state index in [1.165, 1.54) is 19.2 Å². The smallest absolute Gasteiger partial charge is 0.422 e. The molecule has 0 aliphatic rings. The normalized spacial score (nSPS) is 11.9. The molecule has 0 saturated heterocycles. The molecule has 9 heteroatoms. The second-order valence-electron chi connectivity index (χ2n) is 5.89. The Hall–Kier alpha value is -2.45. The Balaban J connectivity index is 0.00000392. The van der Waals surface area contributed by atoms with Gasteiger partial charge in [-0.3, -0.25) is 4.79 Å². The van der Waals surface area contributed by atoms with Crippen LogP contribution in [0.1, 0.15) is 23.6 Å². The molecule has 2 rings (SSSR count). The van der Waals surface area contributed by atoms with Crippen LogP contribution in [0.15, 0.2) is 48.5 Å². The molecule has 0 aromatic heterocycles. The molecule has 0 aliphatic heterocycles. The van der Waals surface area contributed by atoms with Gasteiger partial charge >= 0.3 is 6.18 Å². The number of carbonyl (C=O) groups excluding carboxylic acids is 1. The first kappa shape index (κ1) is 23.6. The van der Waals surface area contributed by atoms with E-state index in [4.69, 9.17) is 15.2 Å². The van der Waals surface area contributed by atoms with Gasteiger partial charge in [0.2, 0.25) is 5.91 Å². The predicted molar refractivity (Wildman–Crippen MR) is 102 cm³/mol. The van der Waals surface area contributed by atoms with Gasteiger partial charge < -0.3 is 20.5 Å². The number of methoxy groups -OCH3 is 1. The van der Waals surface area contributed by atoms with E-state index in [1.807, 2.05) is 30.3 Å². The van der Waals surface area contributed by atoms with Crippen LogP contribution in [0.2, 0.25) is 0 Å². The molecule has 2 aromatic rings. The molecule has 0 saturated carbocycles. The van der Waals surface area contributed by atoms with Crippen molar-refractivity contribution < 1.29 is 27.4 Å². The van der Waals surface area contributed by atoms with Gasteiger partial charge in [-0.1, -0.05) is 36.4 Å². The summed E-state index contributed by atoms with van der Waals surface area (Å²) in [7, 11) is 1.33. The molecule has 0 radical (unpaired) electrons. The van der Waals surface area contributed by atoms with E-state index in [2.05, 4.69) is 5.32 Å². The summed E-state index contributed by atoms with van der Waals surface area (Å²) in [6.07, 6.45) is -4.32. The van der Waals surface area contributed by atoms with Crippen molar-refractivity contribution in [1.29, 1.82) is 0 Å². The van der Waals surface area contributed by atoms with Gasteiger partial charge in [0.25, 0.3) is 0 Å². The maximum Gasteiger partial charge on any atom is 0.422 e. The Labute approximate surface area is 167 Å². The van der Waals surface area contributed by atoms with Gasteiger partial charge in [0.15, 0.2) is 18.1 Å². The van der Waals surface area contributed by atoms with E-state index in [-0.39, 0.29) is 42.8 Å². The Kier molecular flexibility index (Phi) is 9.08. The fraction of sp³-hybridized carbons (Fsp3) is 0.316. The number of halogens is 4. The molecule has 1 atom stereocenters. The van der Waals surface area contributed by atoms with E-state index in [0.29, 0.717) is 5.56 Å². The van der Waals surface area contributed by atoms with E-state index < -0.39 is 18.8 Å². The highest BCUT2D eigenvalue weighted by atomic mass is 35.5. The van der Waals surface area contributed by atoms with Gasteiger partial charge in [-0.2, -0.15) is 13.2 Å². The maximum atomic E-state index is 12.3. The molecule has 0 spiro atoms. The molecule has 1 amide bonds. The number of alkyl halides is 3. The van der Waals surface area contributed by atoms with Crippen molar-refractivity contribution >= 4 is 18.3 Å². The van der Waals surface area contributed by atoms with Crippen LogP contribution < -0.4 is 20.5 Å². The van der Waals surface area contributed by atoms with Crippen molar-refractivity contribution in [3.8, 4) is 11.5 Å². The van der Waals surface area contributed by atoms with Crippen LogP contribution in [-0.2, 0) is 11.3 Å². The minimum Gasteiger partial charge on any atom is -0.493 e. The first-order valence-electron chi connectivity index (χ1n) is 8.22. The third-order valence-electron chi connectivity index (χ3n) is 3.74. The van der Waals surface area contributed by atoms with Crippen molar-refractivity contribution in [3.63, 3.8) is 0 Å². The average Bonchev–Trinajstić information content (AvgIpc) is 2.65. The van der Waals surface area contributed by atoms with Gasteiger partial charge in [-0.15, -0.1) is 12.4 Å². The molecule has 1 unspecified atom stereocenters. The van der Waals surface area contributed by atoms with E-state index in [1.54, 1.807) is 6.07 Å². The molecule has 0 bridgehead atoms. The van der Waals surface area contributed by atoms with Gasteiger partial charge in [-0.25, -0.2) is 0 Å². The number of hydrogen-bond acceptors (Lipinski definition) is 4. The lowest BCUT2D eigenvalue weighted by molar-refractivity contribution is -0.153. The van der Waals surface area contributed by atoms with Gasteiger partial charge in [-0.05, 0) is 23.3 Å². The summed E-state index contributed by atoms with van der Waals surface area (Å²) < 4.78 is 46.6. The largest absolute Gasteiger partial charge is 0.493 e. The summed E-state index contributed by atoms with van der Waals surface area (Å²) in [4.78, 5) is 12.1. The zero-order valence-electron chi connectivity index (χ0n) is 15.2. The number of carbonyl (C=O) groups is 1. The van der Waals surface area contributed by atoms with E-state index in [9.17, 15) is 18.0 Å². The molecular formula is C19H22ClF3N2O3. The average molecular weight is 419 g/mol. The zero-order valence-corrected chi connectivity index (χ0v) is 16.0. The first-order chi connectivity index (χ1) is 12.8. The summed E-state index contributed by atoms with van der Waals surface area (Å²) in [6.45, 7) is -1.22. The second-order valence-corrected chi connectivity index (χ2v) is 5.89. The number of benzene rings is 2. The first-order valence-corrected chi connectivity index (χ1v) is 8.22. The molecule has 28 heavy (non-hydrogen) atoms. The molecule has 0 fully saturated rings. The zero-order chi connectivity index (χ0) is 19.9. The fourth-order valence-electron chi connectivity index (χ4n) is 2.39. The fourth-order valence-corrected chi connectivity index (χ4v) is 2.39. The SMILES string of the molecule is COc1cc(CNC(=O)CC(N)c2ccccc2)ccc1OCC(F)(F)F.Cl. The number of nitrogens with one attached hydrogen (secondary N) is 1. The van der Waals surface area contributed by atoms with Crippen LogP contribution in [0.3, 0.4) is 0 Å². The third-order valence-corrected chi connectivity index (χ3v) is 3.74. The van der Waals surface area contributed by atoms with E-state index >= 15 is 0 Å². The van der Waals surface area contributed by atoms with Crippen LogP contribution in [0.4, 0.5) is 13.2 Å². The lowest BCUT2D eigenvalue weighted by Crippen LogP contribution is -2.27. The Morgan fingerprint density at radius 3 is 2.43 bits per heavy atom. The maximum absolute atomic E-state index is 12.3. The second kappa shape index (κ2) is 10.8. The van der Waals surface area contributed by atoms with Gasteiger partial charge in [0.05, 0.1) is 7.11 Å². The number of rotatable bonds is 8. The quantitative estimate of drug-likeness (QED) is 0.684. The number of hydrogen-bond donors (Lipinski definition) is 2. The molecule has 0 aliphatic carbocycles. The molecule has 5 nitrogen and oxygen atoms in total. The summed E-state index contributed by atoms with van der Waals surface area (Å²) in [5.74, 6) is -0.0919. The van der Waals surface area contributed by atoms with Crippen molar-refractivity contribution in [2.24, 2.45) is 5.73 Å². The minimum absolute atomic E-state index is 0. The van der Waals surface area contributed by atoms with Gasteiger partial charge in [0.1, 0.15) is 0 Å². The lowest BCUT2D eigenvalue weighted by Gasteiger charge is -2.14. The molecule has 3 N–H and O–H groups in total. The minimum atomic E-state index is -4.44. The summed E-state index contributed by atoms with van der Waals surface area (Å²) >= 11 is 0. The molecular weight excluding hydrogens is 397 g/mol. The van der Waals surface area contributed by atoms with Crippen molar-refractivity contribution in [2.45, 2.75) is 25.2 Å². The Morgan fingerprint density at radius 2 is 1.82 bits per heavy atom. The van der Waals surface area contributed by atoms with Gasteiger partial charge in [0, 0.05) is 19.0 Å². The number of ether oxygens (including phenoxy) is 2. The van der Waals surface area contributed by atoms with Crippen LogP contribution in [0.5, 0.6) is 11.5 Å². The molecule has 0 heterocycles. The predicted octanol–water partition coefficient (Wildman–Crippen LogP) is 3.76. The van der Waals surface area contributed by atoms with Crippen LogP contribution in [0, 0.1) is 0 Å². The standard InChI is InChI=1S/C19H21F3N2O3.ClH/c1-26-17-9-13(7-8-16(17)27-12-19(20,21)22)11-24-18(25)10-15(23)14-5-3-2-4-6-14;/h2-9,15H,10-12,23H2,1H3,(H,24,25);1H. The molecule has 154 valence electrons. The summed E-state index contributed by atoms with van der Waals surface area (Å²) in [5.41, 5.74) is 7.53. The number of amides is 1. The highest BCUT2D eigenvalue weighted by molar-refractivity contribution is 5.85. The van der Waals surface area contributed by atoms with Crippen molar-refractivity contribution in [2.75, 3.05) is 13.7 Å². The van der Waals surface area contributed by atoms with Crippen LogP contribution >= 0.6 is 12.4 Å². The topological polar surface area (TPSA) is 73.6 Å². The summed E-state index contributed by atoms with van der Waals surface area (Å²) in [6, 6.07) is 13.3. The van der Waals surface area contributed by atoms with E-state index in [0.717, 1.165) is 5.56 Å². The molecule has 2 aromatic carbocycles. The highest BCUT2D eigenvalue weighted by Crippen LogP contribution is 2.29. The number of nitrogens with two attached hydrogens (primary N) is 1. The Morgan fingerprint density at radius 1 is 1.14 bits per heavy atom. The lowest BCUT2D eigenvalue weighted by atomic mass is 10.0. The monoisotopic (exact) mass is 418 g/mol. The van der Waals surface area contributed by atoms with Crippen molar-refractivity contribution in [3.05, 3.63) is 59.7 Å². The van der Waals surface area contributed by atoms with Crippen LogP contribution in [-0.4, -0.2) is 25.8 Å².